The first-order valence-electron chi connectivity index (χ1n) is 6.72. The third-order valence-corrected chi connectivity index (χ3v) is 2.90. The number of halogens is 4. The fourth-order valence-corrected chi connectivity index (χ4v) is 1.96. The molecule has 0 fully saturated rings. The van der Waals surface area contributed by atoms with Gasteiger partial charge in [0.15, 0.2) is 0 Å². The van der Waals surface area contributed by atoms with E-state index < -0.39 is 18.1 Å². The summed E-state index contributed by atoms with van der Waals surface area (Å²) in [6.07, 6.45) is -5.27. The zero-order chi connectivity index (χ0) is 17.7. The lowest BCUT2D eigenvalue weighted by Crippen LogP contribution is -2.34. The Balaban J connectivity index is 2.41. The van der Waals surface area contributed by atoms with E-state index in [0.717, 1.165) is 0 Å². The third kappa shape index (κ3) is 8.53. The molecular weight excluding hydrogens is 381 g/mol. The number of carbonyl (C=O) groups excluding carboxylic acids is 1. The average molecular weight is 399 g/mol. The molecule has 130 valence electrons. The Morgan fingerprint density at radius 1 is 1.22 bits per heavy atom. The van der Waals surface area contributed by atoms with E-state index in [2.05, 4.69) is 31.3 Å². The van der Waals surface area contributed by atoms with Gasteiger partial charge in [-0.3, -0.25) is 0 Å². The van der Waals surface area contributed by atoms with Crippen LogP contribution in [0.15, 0.2) is 22.7 Å². The van der Waals surface area contributed by atoms with E-state index in [4.69, 9.17) is 4.74 Å². The quantitative estimate of drug-likeness (QED) is 0.726. The minimum atomic E-state index is -4.74. The summed E-state index contributed by atoms with van der Waals surface area (Å²) in [5.41, 5.74) is 0.00819. The molecule has 1 amide bonds. The fourth-order valence-electron chi connectivity index (χ4n) is 1.50. The van der Waals surface area contributed by atoms with Gasteiger partial charge in [0, 0.05) is 18.8 Å². The van der Waals surface area contributed by atoms with Gasteiger partial charge >= 0.3 is 12.5 Å². The van der Waals surface area contributed by atoms with Crippen LogP contribution in [0.1, 0.15) is 20.8 Å². The maximum absolute atomic E-state index is 12.2. The molecular formula is C14H18BrF3N2O3. The molecule has 0 saturated carbocycles. The van der Waals surface area contributed by atoms with Crippen molar-refractivity contribution in [3.8, 4) is 5.75 Å². The Kier molecular flexibility index (Phi) is 6.55. The molecule has 5 nitrogen and oxygen atoms in total. The summed E-state index contributed by atoms with van der Waals surface area (Å²) in [7, 11) is 0. The standard InChI is InChI=1S/C14H18BrF3N2O3/c1-13(2,3)23-12(21)20-7-6-19-9-4-5-11(10(15)8-9)22-14(16,17)18/h4-5,8,19H,6-7H2,1-3H3,(H,20,21). The van der Waals surface area contributed by atoms with Gasteiger partial charge in [-0.1, -0.05) is 0 Å². The van der Waals surface area contributed by atoms with E-state index in [1.165, 1.54) is 18.2 Å². The molecule has 1 rings (SSSR count). The van der Waals surface area contributed by atoms with Crippen LogP contribution in [0.5, 0.6) is 5.75 Å². The zero-order valence-electron chi connectivity index (χ0n) is 12.9. The van der Waals surface area contributed by atoms with Crippen LogP contribution in [0.4, 0.5) is 23.7 Å². The maximum Gasteiger partial charge on any atom is 0.573 e. The largest absolute Gasteiger partial charge is 0.573 e. The van der Waals surface area contributed by atoms with Crippen LogP contribution in [0, 0.1) is 0 Å². The van der Waals surface area contributed by atoms with Gasteiger partial charge in [0.25, 0.3) is 0 Å². The molecule has 2 N–H and O–H groups in total. The van der Waals surface area contributed by atoms with Gasteiger partial charge in [0.2, 0.25) is 0 Å². The Morgan fingerprint density at radius 3 is 2.39 bits per heavy atom. The third-order valence-electron chi connectivity index (χ3n) is 2.28. The molecule has 0 spiro atoms. The number of hydrogen-bond donors (Lipinski definition) is 2. The summed E-state index contributed by atoms with van der Waals surface area (Å²) in [4.78, 5) is 11.4. The predicted molar refractivity (Wildman–Crippen MR) is 83.6 cm³/mol. The van der Waals surface area contributed by atoms with Gasteiger partial charge in [0.1, 0.15) is 11.4 Å². The smallest absolute Gasteiger partial charge is 0.444 e. The molecule has 0 atom stereocenters. The SMILES string of the molecule is CC(C)(C)OC(=O)NCCNc1ccc(OC(F)(F)F)c(Br)c1. The molecule has 0 aliphatic carbocycles. The lowest BCUT2D eigenvalue weighted by atomic mass is 10.2. The van der Waals surface area contributed by atoms with E-state index in [1.807, 2.05) is 0 Å². The predicted octanol–water partition coefficient (Wildman–Crippen LogP) is 4.28. The molecule has 0 bridgehead atoms. The fraction of sp³-hybridized carbons (Fsp3) is 0.500. The average Bonchev–Trinajstić information content (AvgIpc) is 2.34. The maximum atomic E-state index is 12.2. The van der Waals surface area contributed by atoms with Crippen LogP contribution < -0.4 is 15.4 Å². The highest BCUT2D eigenvalue weighted by molar-refractivity contribution is 9.10. The summed E-state index contributed by atoms with van der Waals surface area (Å²) in [6, 6.07) is 4.09. The van der Waals surface area contributed by atoms with Crippen molar-refractivity contribution in [2.24, 2.45) is 0 Å². The zero-order valence-corrected chi connectivity index (χ0v) is 14.5. The number of rotatable bonds is 5. The second-order valence-corrected chi connectivity index (χ2v) is 6.40. The highest BCUT2D eigenvalue weighted by Gasteiger charge is 2.31. The van der Waals surface area contributed by atoms with Gasteiger partial charge in [-0.25, -0.2) is 4.79 Å². The number of carbonyl (C=O) groups is 1. The Bertz CT molecular complexity index is 545. The van der Waals surface area contributed by atoms with Crippen LogP contribution in [-0.2, 0) is 4.74 Å². The van der Waals surface area contributed by atoms with Crippen molar-refractivity contribution in [2.75, 3.05) is 18.4 Å². The molecule has 9 heteroatoms. The normalized spacial score (nSPS) is 11.8. The number of ether oxygens (including phenoxy) is 2. The van der Waals surface area contributed by atoms with Gasteiger partial charge in [0.05, 0.1) is 4.47 Å². The van der Waals surface area contributed by atoms with Crippen molar-refractivity contribution < 1.29 is 27.4 Å². The van der Waals surface area contributed by atoms with Gasteiger partial charge < -0.3 is 20.1 Å². The van der Waals surface area contributed by atoms with E-state index in [-0.39, 0.29) is 10.2 Å². The molecule has 1 aromatic rings. The van der Waals surface area contributed by atoms with Crippen LogP contribution in [0.25, 0.3) is 0 Å². The van der Waals surface area contributed by atoms with Crippen molar-refractivity contribution in [3.63, 3.8) is 0 Å². The Labute approximate surface area is 140 Å². The van der Waals surface area contributed by atoms with Crippen molar-refractivity contribution in [1.29, 1.82) is 0 Å². The summed E-state index contributed by atoms with van der Waals surface area (Å²) in [5.74, 6) is -0.324. The van der Waals surface area contributed by atoms with Crippen LogP contribution in [0.3, 0.4) is 0 Å². The van der Waals surface area contributed by atoms with Crippen molar-refractivity contribution >= 4 is 27.7 Å². The molecule has 0 radical (unpaired) electrons. The molecule has 0 aliphatic heterocycles. The number of nitrogens with one attached hydrogen (secondary N) is 2. The monoisotopic (exact) mass is 398 g/mol. The number of amides is 1. The molecule has 0 heterocycles. The number of hydrogen-bond acceptors (Lipinski definition) is 4. The first-order valence-corrected chi connectivity index (χ1v) is 7.51. The van der Waals surface area contributed by atoms with Gasteiger partial charge in [-0.15, -0.1) is 13.2 Å². The minimum absolute atomic E-state index is 0.167. The second-order valence-electron chi connectivity index (χ2n) is 5.55. The second kappa shape index (κ2) is 7.76. The molecule has 0 unspecified atom stereocenters. The van der Waals surface area contributed by atoms with Gasteiger partial charge in [-0.05, 0) is 54.9 Å². The summed E-state index contributed by atoms with van der Waals surface area (Å²) < 4.78 is 45.5. The highest BCUT2D eigenvalue weighted by atomic mass is 79.9. The summed E-state index contributed by atoms with van der Waals surface area (Å²) >= 11 is 3.01. The van der Waals surface area contributed by atoms with Crippen molar-refractivity contribution in [1.82, 2.24) is 5.32 Å². The van der Waals surface area contributed by atoms with E-state index in [0.29, 0.717) is 18.8 Å². The number of alkyl carbamates (subject to hydrolysis) is 1. The van der Waals surface area contributed by atoms with Crippen molar-refractivity contribution in [3.05, 3.63) is 22.7 Å². The molecule has 23 heavy (non-hydrogen) atoms. The Morgan fingerprint density at radius 2 is 1.87 bits per heavy atom. The van der Waals surface area contributed by atoms with Crippen LogP contribution in [0.2, 0.25) is 0 Å². The van der Waals surface area contributed by atoms with Crippen LogP contribution in [-0.4, -0.2) is 31.1 Å². The molecule has 0 aromatic heterocycles. The molecule has 0 saturated heterocycles. The van der Waals surface area contributed by atoms with E-state index in [9.17, 15) is 18.0 Å². The lowest BCUT2D eigenvalue weighted by molar-refractivity contribution is -0.274. The minimum Gasteiger partial charge on any atom is -0.444 e. The topological polar surface area (TPSA) is 59.6 Å². The number of alkyl halides is 3. The number of anilines is 1. The van der Waals surface area contributed by atoms with E-state index >= 15 is 0 Å². The van der Waals surface area contributed by atoms with Crippen molar-refractivity contribution in [2.45, 2.75) is 32.7 Å². The van der Waals surface area contributed by atoms with Gasteiger partial charge in [-0.2, -0.15) is 0 Å². The Hall–Kier alpha value is -1.64. The summed E-state index contributed by atoms with van der Waals surface area (Å²) in [6.45, 7) is 5.95. The first kappa shape index (κ1) is 19.4. The number of benzene rings is 1. The highest BCUT2D eigenvalue weighted by Crippen LogP contribution is 2.32. The van der Waals surface area contributed by atoms with Crippen LogP contribution >= 0.6 is 15.9 Å². The van der Waals surface area contributed by atoms with E-state index in [1.54, 1.807) is 20.8 Å². The lowest BCUT2D eigenvalue weighted by Gasteiger charge is -2.19. The molecule has 1 aromatic carbocycles. The first-order chi connectivity index (χ1) is 10.5. The molecule has 0 aliphatic rings. The summed E-state index contributed by atoms with van der Waals surface area (Å²) in [5, 5.41) is 5.51.